The Morgan fingerprint density at radius 1 is 1.09 bits per heavy atom. The lowest BCUT2D eigenvalue weighted by atomic mass is 10.1. The first-order valence-electron chi connectivity index (χ1n) is 6.95. The number of hydrogen-bond acceptors (Lipinski definition) is 6. The summed E-state index contributed by atoms with van der Waals surface area (Å²) >= 11 is 0. The highest BCUT2D eigenvalue weighted by Gasteiger charge is 2.16. The Hall–Kier alpha value is -2.73. The maximum absolute atomic E-state index is 9.19. The van der Waals surface area contributed by atoms with Crippen molar-refractivity contribution in [1.82, 2.24) is 15.2 Å². The molecule has 0 unspecified atom stereocenters. The Kier molecular flexibility index (Phi) is 4.11. The van der Waals surface area contributed by atoms with Crippen LogP contribution in [0.2, 0.25) is 0 Å². The van der Waals surface area contributed by atoms with Gasteiger partial charge in [-0.1, -0.05) is 30.3 Å². The van der Waals surface area contributed by atoms with Crippen molar-refractivity contribution in [1.29, 1.82) is 0 Å². The summed E-state index contributed by atoms with van der Waals surface area (Å²) in [6, 6.07) is 13.3. The molecule has 0 fully saturated rings. The number of anilines is 1. The van der Waals surface area contributed by atoms with Gasteiger partial charge in [0, 0.05) is 19.2 Å². The van der Waals surface area contributed by atoms with Crippen molar-refractivity contribution >= 4 is 5.82 Å². The van der Waals surface area contributed by atoms with E-state index in [1.165, 1.54) is 0 Å². The largest absolute Gasteiger partial charge is 0.461 e. The molecule has 3 rings (SSSR count). The maximum atomic E-state index is 9.19. The number of aromatic nitrogens is 3. The van der Waals surface area contributed by atoms with Crippen molar-refractivity contribution in [3.63, 3.8) is 0 Å². The minimum atomic E-state index is 0.0326. The molecule has 0 bridgehead atoms. The molecule has 6 heteroatoms. The summed E-state index contributed by atoms with van der Waals surface area (Å²) in [6.07, 6.45) is 1.57. The molecule has 2 aromatic heterocycles. The Balaban J connectivity index is 2.09. The van der Waals surface area contributed by atoms with Crippen LogP contribution in [0.15, 0.2) is 53.1 Å². The number of hydrogen-bond donors (Lipinski definition) is 1. The van der Waals surface area contributed by atoms with Gasteiger partial charge in [0.1, 0.15) is 5.69 Å². The fourth-order valence-electron chi connectivity index (χ4n) is 2.13. The predicted octanol–water partition coefficient (Wildman–Crippen LogP) is 2.23. The summed E-state index contributed by atoms with van der Waals surface area (Å²) in [7, 11) is 1.86. The normalized spacial score (nSPS) is 10.6. The van der Waals surface area contributed by atoms with Gasteiger partial charge in [-0.15, -0.1) is 10.2 Å². The molecule has 2 heterocycles. The van der Waals surface area contributed by atoms with E-state index in [1.807, 2.05) is 42.3 Å². The third-order valence-electron chi connectivity index (χ3n) is 3.25. The van der Waals surface area contributed by atoms with Crippen molar-refractivity contribution in [2.45, 2.75) is 0 Å². The van der Waals surface area contributed by atoms with Crippen molar-refractivity contribution < 1.29 is 9.52 Å². The molecule has 1 N–H and O–H groups in total. The predicted molar refractivity (Wildman–Crippen MR) is 83.3 cm³/mol. The van der Waals surface area contributed by atoms with Gasteiger partial charge in [0.15, 0.2) is 11.6 Å². The molecule has 0 aliphatic heterocycles. The van der Waals surface area contributed by atoms with Gasteiger partial charge >= 0.3 is 0 Å². The van der Waals surface area contributed by atoms with E-state index < -0.39 is 0 Å². The average Bonchev–Trinajstić information content (AvgIpc) is 3.10. The van der Waals surface area contributed by atoms with E-state index in [0.29, 0.717) is 29.6 Å². The van der Waals surface area contributed by atoms with Crippen LogP contribution >= 0.6 is 0 Å². The van der Waals surface area contributed by atoms with Crippen LogP contribution < -0.4 is 4.90 Å². The zero-order chi connectivity index (χ0) is 15.4. The molecule has 0 aliphatic rings. The van der Waals surface area contributed by atoms with Crippen LogP contribution in [-0.4, -0.2) is 40.5 Å². The van der Waals surface area contributed by atoms with Gasteiger partial charge < -0.3 is 14.4 Å². The van der Waals surface area contributed by atoms with E-state index in [-0.39, 0.29) is 6.61 Å². The molecular formula is C16H16N4O2. The SMILES string of the molecule is CN(CCO)c1nc(-c2ccco2)nnc1-c1ccccc1. The monoisotopic (exact) mass is 296 g/mol. The molecular weight excluding hydrogens is 280 g/mol. The Morgan fingerprint density at radius 2 is 1.91 bits per heavy atom. The second kappa shape index (κ2) is 6.36. The fourth-order valence-corrected chi connectivity index (χ4v) is 2.13. The molecule has 112 valence electrons. The van der Waals surface area contributed by atoms with Gasteiger partial charge in [0.2, 0.25) is 5.82 Å². The van der Waals surface area contributed by atoms with Crippen LogP contribution in [0, 0.1) is 0 Å². The van der Waals surface area contributed by atoms with Crippen molar-refractivity contribution in [3.05, 3.63) is 48.7 Å². The van der Waals surface area contributed by atoms with E-state index in [4.69, 9.17) is 4.42 Å². The molecule has 0 saturated heterocycles. The van der Waals surface area contributed by atoms with Crippen molar-refractivity contribution in [2.24, 2.45) is 0 Å². The maximum Gasteiger partial charge on any atom is 0.219 e. The number of aliphatic hydroxyl groups is 1. The number of rotatable bonds is 5. The second-order valence-electron chi connectivity index (χ2n) is 4.80. The third kappa shape index (κ3) is 2.82. The van der Waals surface area contributed by atoms with Gasteiger partial charge in [-0.2, -0.15) is 0 Å². The van der Waals surface area contributed by atoms with Crippen LogP contribution in [-0.2, 0) is 0 Å². The number of furan rings is 1. The molecule has 3 aromatic rings. The number of nitrogens with zero attached hydrogens (tertiary/aromatic N) is 4. The molecule has 6 nitrogen and oxygen atoms in total. The summed E-state index contributed by atoms with van der Waals surface area (Å²) in [5.74, 6) is 1.64. The van der Waals surface area contributed by atoms with Crippen LogP contribution in [0.4, 0.5) is 5.82 Å². The quantitative estimate of drug-likeness (QED) is 0.778. The van der Waals surface area contributed by atoms with Crippen molar-refractivity contribution in [2.75, 3.05) is 25.1 Å². The van der Waals surface area contributed by atoms with E-state index in [2.05, 4.69) is 15.2 Å². The summed E-state index contributed by atoms with van der Waals surface area (Å²) in [6.45, 7) is 0.487. The molecule has 1 aromatic carbocycles. The Morgan fingerprint density at radius 3 is 2.59 bits per heavy atom. The Bertz CT molecular complexity index is 729. The summed E-state index contributed by atoms with van der Waals surface area (Å²) < 4.78 is 5.33. The van der Waals surface area contributed by atoms with Crippen LogP contribution in [0.1, 0.15) is 0 Å². The fraction of sp³-hybridized carbons (Fsp3) is 0.188. The summed E-state index contributed by atoms with van der Waals surface area (Å²) in [5, 5.41) is 17.7. The minimum absolute atomic E-state index is 0.0326. The van der Waals surface area contributed by atoms with E-state index in [0.717, 1.165) is 5.56 Å². The van der Waals surface area contributed by atoms with Crippen LogP contribution in [0.3, 0.4) is 0 Å². The topological polar surface area (TPSA) is 75.3 Å². The zero-order valence-electron chi connectivity index (χ0n) is 12.2. The number of aliphatic hydroxyl groups excluding tert-OH is 1. The lowest BCUT2D eigenvalue weighted by molar-refractivity contribution is 0.304. The van der Waals surface area contributed by atoms with Gasteiger partial charge in [-0.3, -0.25) is 0 Å². The lowest BCUT2D eigenvalue weighted by Gasteiger charge is -2.19. The summed E-state index contributed by atoms with van der Waals surface area (Å²) in [4.78, 5) is 6.41. The second-order valence-corrected chi connectivity index (χ2v) is 4.80. The first kappa shape index (κ1) is 14.2. The minimum Gasteiger partial charge on any atom is -0.461 e. The lowest BCUT2D eigenvalue weighted by Crippen LogP contribution is -2.24. The molecule has 0 aliphatic carbocycles. The number of benzene rings is 1. The summed E-state index contributed by atoms with van der Waals surface area (Å²) in [5.41, 5.74) is 1.60. The highest BCUT2D eigenvalue weighted by atomic mass is 16.3. The number of likely N-dealkylation sites (N-methyl/N-ethyl adjacent to an activating group) is 1. The molecule has 22 heavy (non-hydrogen) atoms. The van der Waals surface area contributed by atoms with E-state index in [9.17, 15) is 5.11 Å². The molecule has 0 spiro atoms. The van der Waals surface area contributed by atoms with Crippen LogP contribution in [0.25, 0.3) is 22.8 Å². The highest BCUT2D eigenvalue weighted by molar-refractivity contribution is 5.72. The van der Waals surface area contributed by atoms with E-state index in [1.54, 1.807) is 18.4 Å². The first-order valence-corrected chi connectivity index (χ1v) is 6.95. The van der Waals surface area contributed by atoms with Gasteiger partial charge in [-0.05, 0) is 12.1 Å². The molecule has 0 radical (unpaired) electrons. The standard InChI is InChI=1S/C16H16N4O2/c1-20(9-10-21)16-14(12-6-3-2-4-7-12)18-19-15(17-16)13-8-5-11-22-13/h2-8,11,21H,9-10H2,1H3. The molecule has 0 atom stereocenters. The van der Waals surface area contributed by atoms with Crippen LogP contribution in [0.5, 0.6) is 0 Å². The zero-order valence-corrected chi connectivity index (χ0v) is 12.2. The smallest absolute Gasteiger partial charge is 0.219 e. The van der Waals surface area contributed by atoms with E-state index >= 15 is 0 Å². The third-order valence-corrected chi connectivity index (χ3v) is 3.25. The van der Waals surface area contributed by atoms with Gasteiger partial charge in [-0.25, -0.2) is 4.98 Å². The molecule has 0 amide bonds. The molecule has 0 saturated carbocycles. The van der Waals surface area contributed by atoms with Gasteiger partial charge in [0.25, 0.3) is 0 Å². The Labute approximate surface area is 128 Å². The highest BCUT2D eigenvalue weighted by Crippen LogP contribution is 2.27. The van der Waals surface area contributed by atoms with Crippen molar-refractivity contribution in [3.8, 4) is 22.8 Å². The first-order chi connectivity index (χ1) is 10.8. The van der Waals surface area contributed by atoms with Gasteiger partial charge in [0.05, 0.1) is 12.9 Å². The average molecular weight is 296 g/mol.